The number of nitrogens with zero attached hydrogens (tertiary/aromatic N) is 2. The molecule has 0 unspecified atom stereocenters. The number of carbonyl (C=O) groups excluding carboxylic acids is 1. The predicted octanol–water partition coefficient (Wildman–Crippen LogP) is 2.01. The van der Waals surface area contributed by atoms with Gasteiger partial charge in [-0.25, -0.2) is 9.97 Å². The summed E-state index contributed by atoms with van der Waals surface area (Å²) in [6.07, 6.45) is 0. The molecule has 0 aliphatic rings. The lowest BCUT2D eigenvalue weighted by Gasteiger charge is -2.06. The van der Waals surface area contributed by atoms with Gasteiger partial charge in [0.2, 0.25) is 0 Å². The number of aromatic nitrogens is 2. The lowest BCUT2D eigenvalue weighted by Crippen LogP contribution is -2.08. The standard InChI is InChI=1S/C12H19N3O2S/c1-4-13-10-6-9(3)14-11(15-10)7-18-8-12(16)17-5-2/h6H,4-5,7-8H2,1-3H3,(H,13,14,15). The van der Waals surface area contributed by atoms with E-state index in [9.17, 15) is 4.79 Å². The quantitative estimate of drug-likeness (QED) is 0.764. The maximum absolute atomic E-state index is 11.2. The monoisotopic (exact) mass is 269 g/mol. The summed E-state index contributed by atoms with van der Waals surface area (Å²) in [5.41, 5.74) is 0.924. The van der Waals surface area contributed by atoms with Gasteiger partial charge in [0.05, 0.1) is 18.1 Å². The maximum atomic E-state index is 11.2. The Morgan fingerprint density at radius 1 is 1.44 bits per heavy atom. The Balaban J connectivity index is 2.48. The third-order valence-corrected chi connectivity index (χ3v) is 2.92. The van der Waals surface area contributed by atoms with Crippen molar-refractivity contribution in [1.82, 2.24) is 9.97 Å². The second kappa shape index (κ2) is 7.92. The molecule has 0 spiro atoms. The van der Waals surface area contributed by atoms with Crippen molar-refractivity contribution in [2.45, 2.75) is 26.5 Å². The molecule has 0 radical (unpaired) electrons. The van der Waals surface area contributed by atoms with Gasteiger partial charge in [0.25, 0.3) is 0 Å². The van der Waals surface area contributed by atoms with Gasteiger partial charge in [0.15, 0.2) is 0 Å². The van der Waals surface area contributed by atoms with Crippen LogP contribution in [0.4, 0.5) is 5.82 Å². The van der Waals surface area contributed by atoms with Crippen LogP contribution in [0.1, 0.15) is 25.4 Å². The van der Waals surface area contributed by atoms with E-state index in [4.69, 9.17) is 4.74 Å². The summed E-state index contributed by atoms with van der Waals surface area (Å²) in [5, 5.41) is 3.16. The van der Waals surface area contributed by atoms with Crippen LogP contribution in [0.2, 0.25) is 0 Å². The van der Waals surface area contributed by atoms with Crippen LogP contribution in [0.5, 0.6) is 0 Å². The number of thioether (sulfide) groups is 1. The minimum Gasteiger partial charge on any atom is -0.465 e. The van der Waals surface area contributed by atoms with Gasteiger partial charge >= 0.3 is 5.97 Å². The van der Waals surface area contributed by atoms with Crippen LogP contribution in [-0.2, 0) is 15.3 Å². The smallest absolute Gasteiger partial charge is 0.315 e. The molecule has 100 valence electrons. The van der Waals surface area contributed by atoms with Gasteiger partial charge in [-0.1, -0.05) is 0 Å². The van der Waals surface area contributed by atoms with Gasteiger partial charge in [-0.3, -0.25) is 4.79 Å². The first-order valence-corrected chi connectivity index (χ1v) is 7.13. The molecule has 18 heavy (non-hydrogen) atoms. The first-order chi connectivity index (χ1) is 8.65. The fourth-order valence-electron chi connectivity index (χ4n) is 1.39. The number of hydrogen-bond donors (Lipinski definition) is 1. The molecule has 1 heterocycles. The molecule has 0 saturated heterocycles. The predicted molar refractivity (Wildman–Crippen MR) is 73.7 cm³/mol. The highest BCUT2D eigenvalue weighted by atomic mass is 32.2. The average Bonchev–Trinajstić information content (AvgIpc) is 2.29. The minimum atomic E-state index is -0.193. The molecule has 0 aliphatic carbocycles. The summed E-state index contributed by atoms with van der Waals surface area (Å²) in [5.74, 6) is 2.32. The number of anilines is 1. The number of nitrogens with one attached hydrogen (secondary N) is 1. The van der Waals surface area contributed by atoms with E-state index in [1.807, 2.05) is 19.9 Å². The Hall–Kier alpha value is -1.30. The Morgan fingerprint density at radius 2 is 2.22 bits per heavy atom. The maximum Gasteiger partial charge on any atom is 0.315 e. The fraction of sp³-hybridized carbons (Fsp3) is 0.583. The number of ether oxygens (including phenoxy) is 1. The van der Waals surface area contributed by atoms with Crippen LogP contribution in [0, 0.1) is 6.92 Å². The van der Waals surface area contributed by atoms with Gasteiger partial charge in [-0.15, -0.1) is 11.8 Å². The molecule has 0 amide bonds. The van der Waals surface area contributed by atoms with E-state index < -0.39 is 0 Å². The summed E-state index contributed by atoms with van der Waals surface area (Å²) in [4.78, 5) is 19.9. The molecule has 0 aliphatic heterocycles. The number of esters is 1. The highest BCUT2D eigenvalue weighted by Gasteiger charge is 2.05. The van der Waals surface area contributed by atoms with Crippen molar-refractivity contribution >= 4 is 23.5 Å². The molecular formula is C12H19N3O2S. The van der Waals surface area contributed by atoms with Crippen LogP contribution in [-0.4, -0.2) is 34.8 Å². The molecule has 6 heteroatoms. The number of rotatable bonds is 7. The zero-order valence-corrected chi connectivity index (χ0v) is 11.8. The third-order valence-electron chi connectivity index (χ3n) is 2.01. The van der Waals surface area contributed by atoms with Crippen LogP contribution in [0.3, 0.4) is 0 Å². The van der Waals surface area contributed by atoms with E-state index in [2.05, 4.69) is 15.3 Å². The van der Waals surface area contributed by atoms with Gasteiger partial charge < -0.3 is 10.1 Å². The normalized spacial score (nSPS) is 10.2. The van der Waals surface area contributed by atoms with Gasteiger partial charge in [0.1, 0.15) is 11.6 Å². The van der Waals surface area contributed by atoms with Gasteiger partial charge in [-0.05, 0) is 20.8 Å². The molecule has 1 aromatic rings. The third kappa shape index (κ3) is 5.35. The lowest BCUT2D eigenvalue weighted by molar-refractivity contribution is -0.139. The van der Waals surface area contributed by atoms with Crippen molar-refractivity contribution in [3.8, 4) is 0 Å². The van der Waals surface area contributed by atoms with Crippen molar-refractivity contribution in [3.63, 3.8) is 0 Å². The highest BCUT2D eigenvalue weighted by molar-refractivity contribution is 7.99. The van der Waals surface area contributed by atoms with Crippen molar-refractivity contribution in [3.05, 3.63) is 17.6 Å². The second-order valence-corrected chi connectivity index (χ2v) is 4.62. The van der Waals surface area contributed by atoms with Crippen molar-refractivity contribution in [2.75, 3.05) is 24.2 Å². The Bertz CT molecular complexity index is 399. The van der Waals surface area contributed by atoms with E-state index in [0.29, 0.717) is 18.1 Å². The number of carbonyl (C=O) groups is 1. The number of hydrogen-bond acceptors (Lipinski definition) is 6. The van der Waals surface area contributed by atoms with Crippen LogP contribution in [0.15, 0.2) is 6.07 Å². The van der Waals surface area contributed by atoms with Crippen molar-refractivity contribution in [1.29, 1.82) is 0 Å². The molecular weight excluding hydrogens is 250 g/mol. The Morgan fingerprint density at radius 3 is 2.89 bits per heavy atom. The van der Waals surface area contributed by atoms with Crippen molar-refractivity contribution in [2.24, 2.45) is 0 Å². The largest absolute Gasteiger partial charge is 0.465 e. The van der Waals surface area contributed by atoms with E-state index in [1.165, 1.54) is 11.8 Å². The molecule has 0 aromatic carbocycles. The number of aryl methyl sites for hydroxylation is 1. The van der Waals surface area contributed by atoms with Crippen LogP contribution in [0.25, 0.3) is 0 Å². The molecule has 0 bridgehead atoms. The molecule has 1 rings (SSSR count). The van der Waals surface area contributed by atoms with E-state index in [1.54, 1.807) is 6.92 Å². The van der Waals surface area contributed by atoms with Gasteiger partial charge in [-0.2, -0.15) is 0 Å². The van der Waals surface area contributed by atoms with E-state index in [-0.39, 0.29) is 5.97 Å². The Labute approximate surface area is 112 Å². The first-order valence-electron chi connectivity index (χ1n) is 5.97. The Kier molecular flexibility index (Phi) is 6.49. The second-order valence-electron chi connectivity index (χ2n) is 3.64. The zero-order valence-electron chi connectivity index (χ0n) is 11.0. The molecule has 1 N–H and O–H groups in total. The SMILES string of the molecule is CCNc1cc(C)nc(CSCC(=O)OCC)n1. The van der Waals surface area contributed by atoms with Crippen LogP contribution >= 0.6 is 11.8 Å². The average molecular weight is 269 g/mol. The summed E-state index contributed by atoms with van der Waals surface area (Å²) in [7, 11) is 0. The fourth-order valence-corrected chi connectivity index (χ4v) is 2.06. The molecule has 1 aromatic heterocycles. The molecule has 5 nitrogen and oxygen atoms in total. The summed E-state index contributed by atoms with van der Waals surface area (Å²) < 4.78 is 4.85. The van der Waals surface area contributed by atoms with E-state index in [0.717, 1.165) is 23.9 Å². The molecule has 0 saturated carbocycles. The van der Waals surface area contributed by atoms with Gasteiger partial charge in [0, 0.05) is 18.3 Å². The van der Waals surface area contributed by atoms with E-state index >= 15 is 0 Å². The molecule has 0 fully saturated rings. The minimum absolute atomic E-state index is 0.193. The highest BCUT2D eigenvalue weighted by Crippen LogP contribution is 2.12. The van der Waals surface area contributed by atoms with Crippen molar-refractivity contribution < 1.29 is 9.53 Å². The lowest BCUT2D eigenvalue weighted by atomic mass is 10.4. The molecule has 0 atom stereocenters. The van der Waals surface area contributed by atoms with Crippen LogP contribution < -0.4 is 5.32 Å². The zero-order chi connectivity index (χ0) is 13.4. The summed E-state index contributed by atoms with van der Waals surface area (Å²) >= 11 is 1.46. The summed E-state index contributed by atoms with van der Waals surface area (Å²) in [6.45, 7) is 7.00. The topological polar surface area (TPSA) is 64.1 Å². The first kappa shape index (κ1) is 14.8. The summed E-state index contributed by atoms with van der Waals surface area (Å²) in [6, 6.07) is 1.91.